The van der Waals surface area contributed by atoms with Crippen molar-refractivity contribution in [3.05, 3.63) is 54.8 Å². The van der Waals surface area contributed by atoms with E-state index in [0.717, 1.165) is 43.4 Å². The third-order valence-electron chi connectivity index (χ3n) is 3.10. The van der Waals surface area contributed by atoms with Gasteiger partial charge in [0.25, 0.3) is 0 Å². The first-order chi connectivity index (χ1) is 9.24. The summed E-state index contributed by atoms with van der Waals surface area (Å²) in [6, 6.07) is 4.18. The molecule has 0 radical (unpaired) electrons. The predicted octanol–water partition coefficient (Wildman–Crippen LogP) is 2.98. The normalized spacial score (nSPS) is 16.3. The molecule has 3 nitrogen and oxygen atoms in total. The molecule has 0 unspecified atom stereocenters. The van der Waals surface area contributed by atoms with Crippen molar-refractivity contribution in [3.63, 3.8) is 0 Å². The summed E-state index contributed by atoms with van der Waals surface area (Å²) in [5.74, 6) is 1.01. The average Bonchev–Trinajstić information content (AvgIpc) is 2.45. The molecule has 0 aliphatic carbocycles. The van der Waals surface area contributed by atoms with Crippen LogP contribution in [0.1, 0.15) is 11.3 Å². The minimum Gasteiger partial charge on any atom is -0.378 e. The summed E-state index contributed by atoms with van der Waals surface area (Å²) in [5, 5.41) is 0. The van der Waals surface area contributed by atoms with Crippen LogP contribution in [0, 0.1) is 6.92 Å². The summed E-state index contributed by atoms with van der Waals surface area (Å²) >= 11 is 0. The molecule has 1 aromatic rings. The molecule has 0 spiro atoms. The molecule has 0 saturated carbocycles. The van der Waals surface area contributed by atoms with Gasteiger partial charge in [0.2, 0.25) is 0 Å². The third kappa shape index (κ3) is 3.32. The Morgan fingerprint density at radius 3 is 2.68 bits per heavy atom. The lowest BCUT2D eigenvalue weighted by molar-refractivity contribution is 0.122. The maximum absolute atomic E-state index is 5.38. The van der Waals surface area contributed by atoms with Crippen LogP contribution >= 0.6 is 0 Å². The lowest BCUT2D eigenvalue weighted by Gasteiger charge is -2.28. The van der Waals surface area contributed by atoms with Gasteiger partial charge in [-0.1, -0.05) is 31.4 Å². The number of aryl methyl sites for hydroxylation is 1. The lowest BCUT2D eigenvalue weighted by Crippen LogP contribution is -2.36. The van der Waals surface area contributed by atoms with Crippen LogP contribution < -0.4 is 4.90 Å². The number of hydrogen-bond acceptors (Lipinski definition) is 3. The van der Waals surface area contributed by atoms with E-state index in [1.807, 2.05) is 12.2 Å². The molecule has 0 N–H and O–H groups in total. The second kappa shape index (κ2) is 6.34. The Kier molecular flexibility index (Phi) is 4.53. The van der Waals surface area contributed by atoms with Crippen molar-refractivity contribution in [2.24, 2.45) is 0 Å². The van der Waals surface area contributed by atoms with Gasteiger partial charge in [0.1, 0.15) is 5.82 Å². The van der Waals surface area contributed by atoms with Crippen molar-refractivity contribution in [3.8, 4) is 0 Å². The molecule has 2 rings (SSSR count). The number of nitrogens with zero attached hydrogens (tertiary/aromatic N) is 2. The molecular weight excluding hydrogens is 236 g/mol. The number of allylic oxidation sites excluding steroid dienone is 4. The lowest BCUT2D eigenvalue weighted by atomic mass is 10.1. The summed E-state index contributed by atoms with van der Waals surface area (Å²) in [6.07, 6.45) is 5.50. The zero-order chi connectivity index (χ0) is 13.7. The summed E-state index contributed by atoms with van der Waals surface area (Å²) in [6.45, 7) is 13.0. The van der Waals surface area contributed by atoms with Gasteiger partial charge in [-0.15, -0.1) is 0 Å². The van der Waals surface area contributed by atoms with Gasteiger partial charge in [-0.05, 0) is 30.2 Å². The molecule has 1 aliphatic heterocycles. The summed E-state index contributed by atoms with van der Waals surface area (Å²) in [4.78, 5) is 6.99. The van der Waals surface area contributed by atoms with Crippen LogP contribution in [-0.2, 0) is 4.74 Å². The minimum absolute atomic E-state index is 0.766. The number of morpholine rings is 1. The molecule has 0 atom stereocenters. The maximum Gasteiger partial charge on any atom is 0.129 e. The van der Waals surface area contributed by atoms with Crippen LogP contribution in [0.4, 0.5) is 5.82 Å². The van der Waals surface area contributed by atoms with Gasteiger partial charge in [0.15, 0.2) is 0 Å². The Balaban J connectivity index is 2.35. The zero-order valence-corrected chi connectivity index (χ0v) is 11.4. The first-order valence-corrected chi connectivity index (χ1v) is 6.51. The molecule has 19 heavy (non-hydrogen) atoms. The van der Waals surface area contributed by atoms with Crippen molar-refractivity contribution >= 4 is 11.4 Å². The van der Waals surface area contributed by atoms with Crippen molar-refractivity contribution in [1.29, 1.82) is 0 Å². The monoisotopic (exact) mass is 256 g/mol. The summed E-state index contributed by atoms with van der Waals surface area (Å²) in [7, 11) is 0. The average molecular weight is 256 g/mol. The van der Waals surface area contributed by atoms with Gasteiger partial charge >= 0.3 is 0 Å². The van der Waals surface area contributed by atoms with E-state index in [9.17, 15) is 0 Å². The van der Waals surface area contributed by atoms with Gasteiger partial charge in [0.05, 0.1) is 18.9 Å². The van der Waals surface area contributed by atoms with E-state index in [2.05, 4.69) is 37.1 Å². The topological polar surface area (TPSA) is 25.4 Å². The second-order valence-electron chi connectivity index (χ2n) is 4.55. The van der Waals surface area contributed by atoms with E-state index in [-0.39, 0.29) is 0 Å². The van der Waals surface area contributed by atoms with E-state index in [1.54, 1.807) is 6.08 Å². The first kappa shape index (κ1) is 13.6. The van der Waals surface area contributed by atoms with Crippen molar-refractivity contribution in [2.75, 3.05) is 31.2 Å². The number of hydrogen-bond donors (Lipinski definition) is 0. The van der Waals surface area contributed by atoms with E-state index in [1.165, 1.54) is 5.56 Å². The highest BCUT2D eigenvalue weighted by Gasteiger charge is 2.13. The van der Waals surface area contributed by atoms with Crippen LogP contribution in [0.2, 0.25) is 0 Å². The molecule has 0 amide bonds. The number of aromatic nitrogens is 1. The molecule has 1 aromatic heterocycles. The fourth-order valence-corrected chi connectivity index (χ4v) is 2.14. The van der Waals surface area contributed by atoms with E-state index < -0.39 is 0 Å². The van der Waals surface area contributed by atoms with E-state index in [0.29, 0.717) is 0 Å². The summed E-state index contributed by atoms with van der Waals surface area (Å²) in [5.41, 5.74) is 3.13. The predicted molar refractivity (Wildman–Crippen MR) is 80.4 cm³/mol. The van der Waals surface area contributed by atoms with Gasteiger partial charge in [0, 0.05) is 13.1 Å². The Morgan fingerprint density at radius 2 is 2.05 bits per heavy atom. The van der Waals surface area contributed by atoms with Gasteiger partial charge in [-0.3, -0.25) is 0 Å². The van der Waals surface area contributed by atoms with Crippen LogP contribution in [0.5, 0.6) is 0 Å². The highest BCUT2D eigenvalue weighted by Crippen LogP contribution is 2.21. The molecule has 1 saturated heterocycles. The number of anilines is 1. The Hall–Kier alpha value is -1.87. The van der Waals surface area contributed by atoms with Gasteiger partial charge in [-0.2, -0.15) is 0 Å². The Morgan fingerprint density at radius 1 is 1.32 bits per heavy atom. The smallest absolute Gasteiger partial charge is 0.129 e. The molecule has 100 valence electrons. The number of ether oxygens (including phenoxy) is 1. The SMILES string of the molecule is C=C/C=C(\C=C)c1cc(C)cc(N2CCOCC2)n1. The second-order valence-corrected chi connectivity index (χ2v) is 4.55. The summed E-state index contributed by atoms with van der Waals surface area (Å²) < 4.78 is 5.38. The third-order valence-corrected chi connectivity index (χ3v) is 3.10. The zero-order valence-electron chi connectivity index (χ0n) is 11.4. The number of pyridine rings is 1. The Labute approximate surface area is 114 Å². The first-order valence-electron chi connectivity index (χ1n) is 6.51. The van der Waals surface area contributed by atoms with Crippen LogP contribution in [-0.4, -0.2) is 31.3 Å². The molecule has 3 heteroatoms. The fourth-order valence-electron chi connectivity index (χ4n) is 2.14. The molecule has 1 fully saturated rings. The van der Waals surface area contributed by atoms with E-state index >= 15 is 0 Å². The molecule has 1 aliphatic rings. The van der Waals surface area contributed by atoms with Gasteiger partial charge in [-0.25, -0.2) is 4.98 Å². The van der Waals surface area contributed by atoms with Crippen LogP contribution in [0.3, 0.4) is 0 Å². The molecule has 0 bridgehead atoms. The van der Waals surface area contributed by atoms with Crippen molar-refractivity contribution < 1.29 is 4.74 Å². The van der Waals surface area contributed by atoms with Crippen LogP contribution in [0.15, 0.2) is 43.5 Å². The molecule has 2 heterocycles. The van der Waals surface area contributed by atoms with Crippen LogP contribution in [0.25, 0.3) is 5.57 Å². The largest absolute Gasteiger partial charge is 0.378 e. The standard InChI is InChI=1S/C16H20N2O/c1-4-6-14(5-2)15-11-13(3)12-16(17-15)18-7-9-19-10-8-18/h4-6,11-12H,1-2,7-10H2,3H3/b14-6+. The maximum atomic E-state index is 5.38. The fraction of sp³-hybridized carbons (Fsp3) is 0.312. The quantitative estimate of drug-likeness (QED) is 0.774. The highest BCUT2D eigenvalue weighted by atomic mass is 16.5. The van der Waals surface area contributed by atoms with Gasteiger partial charge < -0.3 is 9.64 Å². The number of rotatable bonds is 4. The van der Waals surface area contributed by atoms with Crippen molar-refractivity contribution in [2.45, 2.75) is 6.92 Å². The Bertz CT molecular complexity index is 499. The van der Waals surface area contributed by atoms with E-state index in [4.69, 9.17) is 9.72 Å². The van der Waals surface area contributed by atoms with Crippen molar-refractivity contribution in [1.82, 2.24) is 4.98 Å². The minimum atomic E-state index is 0.766. The highest BCUT2D eigenvalue weighted by molar-refractivity contribution is 5.73. The molecular formula is C16H20N2O. The molecule has 0 aromatic carbocycles.